The average molecular weight is 345 g/mol. The highest BCUT2D eigenvalue weighted by atomic mass is 16.1. The molecule has 0 aliphatic heterocycles. The summed E-state index contributed by atoms with van der Waals surface area (Å²) < 4.78 is 3.28. The van der Waals surface area contributed by atoms with Crippen molar-refractivity contribution in [2.24, 2.45) is 0 Å². The van der Waals surface area contributed by atoms with E-state index in [0.29, 0.717) is 17.9 Å². The van der Waals surface area contributed by atoms with E-state index in [1.807, 2.05) is 36.5 Å². The van der Waals surface area contributed by atoms with Crippen molar-refractivity contribution in [2.75, 3.05) is 0 Å². The van der Waals surface area contributed by atoms with Crippen molar-refractivity contribution in [3.05, 3.63) is 84.8 Å². The largest absolute Gasteiger partial charge is 0.348 e. The Balaban J connectivity index is 1.43. The molecule has 3 heterocycles. The lowest BCUT2D eigenvalue weighted by atomic mass is 10.2. The maximum absolute atomic E-state index is 12.4. The SMILES string of the molecule is O=C(NCc1cnn(-c2ccccc2)c1)c1ccnc(-n2cncn2)c1. The van der Waals surface area contributed by atoms with Gasteiger partial charge in [-0.15, -0.1) is 0 Å². The maximum Gasteiger partial charge on any atom is 0.251 e. The topological polar surface area (TPSA) is 90.5 Å². The number of nitrogens with one attached hydrogen (secondary N) is 1. The normalized spacial score (nSPS) is 10.6. The molecular formula is C18H15N7O. The molecule has 0 fully saturated rings. The third-order valence-corrected chi connectivity index (χ3v) is 3.77. The van der Waals surface area contributed by atoms with Gasteiger partial charge < -0.3 is 5.32 Å². The number of aromatic nitrogens is 6. The van der Waals surface area contributed by atoms with Crippen molar-refractivity contribution >= 4 is 5.91 Å². The number of rotatable bonds is 5. The minimum atomic E-state index is -0.193. The predicted molar refractivity (Wildman–Crippen MR) is 93.9 cm³/mol. The number of nitrogens with zero attached hydrogens (tertiary/aromatic N) is 6. The van der Waals surface area contributed by atoms with Crippen LogP contribution in [0.15, 0.2) is 73.7 Å². The summed E-state index contributed by atoms with van der Waals surface area (Å²) in [5.74, 6) is 0.341. The summed E-state index contributed by atoms with van der Waals surface area (Å²) >= 11 is 0. The molecule has 8 heteroatoms. The highest BCUT2D eigenvalue weighted by Gasteiger charge is 2.09. The molecule has 0 saturated heterocycles. The second-order valence-electron chi connectivity index (χ2n) is 5.55. The number of hydrogen-bond acceptors (Lipinski definition) is 5. The number of carbonyl (C=O) groups is 1. The van der Waals surface area contributed by atoms with Gasteiger partial charge in [0.05, 0.1) is 11.9 Å². The monoisotopic (exact) mass is 345 g/mol. The van der Waals surface area contributed by atoms with Crippen molar-refractivity contribution in [3.63, 3.8) is 0 Å². The minimum Gasteiger partial charge on any atom is -0.348 e. The zero-order valence-corrected chi connectivity index (χ0v) is 13.7. The summed E-state index contributed by atoms with van der Waals surface area (Å²) in [7, 11) is 0. The molecule has 128 valence electrons. The molecule has 0 bridgehead atoms. The lowest BCUT2D eigenvalue weighted by molar-refractivity contribution is 0.0950. The highest BCUT2D eigenvalue weighted by Crippen LogP contribution is 2.09. The van der Waals surface area contributed by atoms with E-state index in [2.05, 4.69) is 25.5 Å². The van der Waals surface area contributed by atoms with Crippen LogP contribution in [0.3, 0.4) is 0 Å². The van der Waals surface area contributed by atoms with Gasteiger partial charge in [0.15, 0.2) is 5.82 Å². The molecule has 3 aromatic heterocycles. The number of hydrogen-bond donors (Lipinski definition) is 1. The van der Waals surface area contributed by atoms with Crippen molar-refractivity contribution in [1.29, 1.82) is 0 Å². The second-order valence-corrected chi connectivity index (χ2v) is 5.55. The smallest absolute Gasteiger partial charge is 0.251 e. The van der Waals surface area contributed by atoms with E-state index < -0.39 is 0 Å². The zero-order chi connectivity index (χ0) is 17.8. The van der Waals surface area contributed by atoms with Crippen LogP contribution in [0.1, 0.15) is 15.9 Å². The van der Waals surface area contributed by atoms with Crippen LogP contribution in [-0.4, -0.2) is 35.4 Å². The van der Waals surface area contributed by atoms with E-state index in [1.165, 1.54) is 17.3 Å². The quantitative estimate of drug-likeness (QED) is 0.595. The van der Waals surface area contributed by atoms with Crippen molar-refractivity contribution in [1.82, 2.24) is 34.8 Å². The molecule has 1 N–H and O–H groups in total. The Morgan fingerprint density at radius 3 is 2.77 bits per heavy atom. The van der Waals surface area contributed by atoms with Gasteiger partial charge in [0.1, 0.15) is 12.7 Å². The third-order valence-electron chi connectivity index (χ3n) is 3.77. The van der Waals surface area contributed by atoms with Crippen LogP contribution in [0, 0.1) is 0 Å². The summed E-state index contributed by atoms with van der Waals surface area (Å²) in [5, 5.41) is 11.2. The molecule has 0 spiro atoms. The van der Waals surface area contributed by atoms with Crippen LogP contribution in [0.4, 0.5) is 0 Å². The van der Waals surface area contributed by atoms with Gasteiger partial charge in [-0.05, 0) is 24.3 Å². The molecule has 8 nitrogen and oxygen atoms in total. The van der Waals surface area contributed by atoms with Gasteiger partial charge in [-0.1, -0.05) is 18.2 Å². The van der Waals surface area contributed by atoms with E-state index in [9.17, 15) is 4.79 Å². The van der Waals surface area contributed by atoms with Crippen LogP contribution in [-0.2, 0) is 6.54 Å². The summed E-state index contributed by atoms with van der Waals surface area (Å²) in [5.41, 5.74) is 2.38. The Kier molecular flexibility index (Phi) is 4.21. The lowest BCUT2D eigenvalue weighted by Gasteiger charge is -2.05. The Morgan fingerprint density at radius 2 is 1.96 bits per heavy atom. The standard InChI is InChI=1S/C18H15N7O/c26-18(15-6-7-20-17(8-15)25-13-19-12-23-25)21-9-14-10-22-24(11-14)16-4-2-1-3-5-16/h1-8,10-13H,9H2,(H,21,26). The van der Waals surface area contributed by atoms with Gasteiger partial charge in [0.25, 0.3) is 5.91 Å². The second kappa shape index (κ2) is 6.98. The molecule has 4 rings (SSSR count). The molecule has 1 aromatic carbocycles. The molecule has 4 aromatic rings. The molecule has 0 radical (unpaired) electrons. The van der Waals surface area contributed by atoms with E-state index in [-0.39, 0.29) is 5.91 Å². The number of pyridine rings is 1. The van der Waals surface area contributed by atoms with Crippen LogP contribution in [0.25, 0.3) is 11.5 Å². The number of carbonyl (C=O) groups excluding carboxylic acids is 1. The van der Waals surface area contributed by atoms with E-state index in [0.717, 1.165) is 11.3 Å². The molecule has 1 amide bonds. The van der Waals surface area contributed by atoms with Crippen LogP contribution in [0.5, 0.6) is 0 Å². The van der Waals surface area contributed by atoms with Crippen molar-refractivity contribution in [3.8, 4) is 11.5 Å². The van der Waals surface area contributed by atoms with Gasteiger partial charge in [0, 0.05) is 30.1 Å². The van der Waals surface area contributed by atoms with Gasteiger partial charge in [-0.2, -0.15) is 10.2 Å². The van der Waals surface area contributed by atoms with Gasteiger partial charge >= 0.3 is 0 Å². The maximum atomic E-state index is 12.4. The molecule has 0 atom stereocenters. The minimum absolute atomic E-state index is 0.193. The first kappa shape index (κ1) is 15.7. The van der Waals surface area contributed by atoms with Crippen molar-refractivity contribution < 1.29 is 4.79 Å². The Labute approximate surface area is 149 Å². The highest BCUT2D eigenvalue weighted by molar-refractivity contribution is 5.94. The van der Waals surface area contributed by atoms with Gasteiger partial charge in [-0.25, -0.2) is 19.3 Å². The fourth-order valence-electron chi connectivity index (χ4n) is 2.47. The van der Waals surface area contributed by atoms with Gasteiger partial charge in [0.2, 0.25) is 0 Å². The summed E-state index contributed by atoms with van der Waals surface area (Å²) in [4.78, 5) is 20.5. The molecule has 0 saturated carbocycles. The predicted octanol–water partition coefficient (Wildman–Crippen LogP) is 1.78. The molecule has 0 aliphatic carbocycles. The fourth-order valence-corrected chi connectivity index (χ4v) is 2.47. The molecular weight excluding hydrogens is 330 g/mol. The van der Waals surface area contributed by atoms with E-state index >= 15 is 0 Å². The Bertz CT molecular complexity index is 1010. The third kappa shape index (κ3) is 3.34. The van der Waals surface area contributed by atoms with Crippen LogP contribution in [0.2, 0.25) is 0 Å². The number of para-hydroxylation sites is 1. The fraction of sp³-hybridized carbons (Fsp3) is 0.0556. The van der Waals surface area contributed by atoms with E-state index in [1.54, 1.807) is 29.2 Å². The van der Waals surface area contributed by atoms with Crippen LogP contribution >= 0.6 is 0 Å². The first-order valence-electron chi connectivity index (χ1n) is 7.98. The molecule has 0 aliphatic rings. The summed E-state index contributed by atoms with van der Waals surface area (Å²) in [6.07, 6.45) is 8.14. The lowest BCUT2D eigenvalue weighted by Crippen LogP contribution is -2.22. The number of benzene rings is 1. The van der Waals surface area contributed by atoms with Crippen molar-refractivity contribution in [2.45, 2.75) is 6.54 Å². The Hall–Kier alpha value is -3.81. The van der Waals surface area contributed by atoms with Crippen LogP contribution < -0.4 is 5.32 Å². The zero-order valence-electron chi connectivity index (χ0n) is 13.7. The molecule has 26 heavy (non-hydrogen) atoms. The first-order valence-corrected chi connectivity index (χ1v) is 7.98. The molecule has 0 unspecified atom stereocenters. The summed E-state index contributed by atoms with van der Waals surface area (Å²) in [6.45, 7) is 0.382. The number of amides is 1. The first-order chi connectivity index (χ1) is 12.8. The van der Waals surface area contributed by atoms with E-state index in [4.69, 9.17) is 0 Å². The average Bonchev–Trinajstić information content (AvgIpc) is 3.39. The van der Waals surface area contributed by atoms with Gasteiger partial charge in [-0.3, -0.25) is 4.79 Å². The Morgan fingerprint density at radius 1 is 1.08 bits per heavy atom. The summed E-state index contributed by atoms with van der Waals surface area (Å²) in [6, 6.07) is 13.1.